The zero-order valence-electron chi connectivity index (χ0n) is 12.3. The highest BCUT2D eigenvalue weighted by Crippen LogP contribution is 2.29. The molecule has 2 aliphatic heterocycles. The van der Waals surface area contributed by atoms with E-state index in [0.29, 0.717) is 12.5 Å². The van der Waals surface area contributed by atoms with Crippen molar-refractivity contribution in [3.05, 3.63) is 35.9 Å². The van der Waals surface area contributed by atoms with Gasteiger partial charge < -0.3 is 0 Å². The van der Waals surface area contributed by atoms with Crippen LogP contribution in [-0.4, -0.2) is 37.9 Å². The maximum absolute atomic E-state index is 12.8. The molecule has 21 heavy (non-hydrogen) atoms. The van der Waals surface area contributed by atoms with E-state index in [2.05, 4.69) is 17.8 Å². The summed E-state index contributed by atoms with van der Waals surface area (Å²) in [5.74, 6) is 0.543. The van der Waals surface area contributed by atoms with Crippen LogP contribution in [0.2, 0.25) is 0 Å². The highest BCUT2D eigenvalue weighted by molar-refractivity contribution is 7.88. The standard InChI is InChI=1S/C15H23N3O2S/c1-12-10-16-17-15(12)14-8-5-9-18(14)21(19,20)11-13-6-3-2-4-7-13/h2-4,6-7,12,14-17H,5,8-11H2,1H3. The first-order valence-electron chi connectivity index (χ1n) is 7.60. The molecule has 2 heterocycles. The molecule has 6 heteroatoms. The van der Waals surface area contributed by atoms with Crippen LogP contribution in [0.15, 0.2) is 30.3 Å². The second kappa shape index (κ2) is 6.04. The molecule has 0 bridgehead atoms. The van der Waals surface area contributed by atoms with E-state index in [-0.39, 0.29) is 17.8 Å². The number of nitrogens with zero attached hydrogens (tertiary/aromatic N) is 1. The molecule has 2 saturated heterocycles. The summed E-state index contributed by atoms with van der Waals surface area (Å²) < 4.78 is 27.2. The number of hydrazine groups is 1. The van der Waals surface area contributed by atoms with Gasteiger partial charge in [0.2, 0.25) is 10.0 Å². The van der Waals surface area contributed by atoms with E-state index in [1.165, 1.54) is 0 Å². The van der Waals surface area contributed by atoms with Crippen LogP contribution in [0.25, 0.3) is 0 Å². The summed E-state index contributed by atoms with van der Waals surface area (Å²) >= 11 is 0. The van der Waals surface area contributed by atoms with Gasteiger partial charge in [0.05, 0.1) is 5.75 Å². The molecule has 2 aliphatic rings. The van der Waals surface area contributed by atoms with Crippen molar-refractivity contribution in [3.8, 4) is 0 Å². The molecule has 0 amide bonds. The number of hydrogen-bond donors (Lipinski definition) is 2. The van der Waals surface area contributed by atoms with E-state index in [1.807, 2.05) is 30.3 Å². The topological polar surface area (TPSA) is 61.4 Å². The minimum atomic E-state index is -3.26. The summed E-state index contributed by atoms with van der Waals surface area (Å²) in [7, 11) is -3.26. The summed E-state index contributed by atoms with van der Waals surface area (Å²) in [5.41, 5.74) is 7.26. The lowest BCUT2D eigenvalue weighted by Gasteiger charge is -2.30. The largest absolute Gasteiger partial charge is 0.257 e. The molecule has 1 aromatic carbocycles. The number of hydrogen-bond acceptors (Lipinski definition) is 4. The van der Waals surface area contributed by atoms with Gasteiger partial charge in [-0.2, -0.15) is 4.31 Å². The molecule has 0 radical (unpaired) electrons. The van der Waals surface area contributed by atoms with Gasteiger partial charge in [0.25, 0.3) is 0 Å². The Balaban J connectivity index is 1.77. The summed E-state index contributed by atoms with van der Waals surface area (Å²) in [5, 5.41) is 0. The smallest absolute Gasteiger partial charge is 0.218 e. The van der Waals surface area contributed by atoms with Crippen LogP contribution in [0.1, 0.15) is 25.3 Å². The van der Waals surface area contributed by atoms with Crippen LogP contribution < -0.4 is 10.9 Å². The first-order valence-corrected chi connectivity index (χ1v) is 9.21. The highest BCUT2D eigenvalue weighted by atomic mass is 32.2. The molecular formula is C15H23N3O2S. The molecule has 0 saturated carbocycles. The molecule has 5 nitrogen and oxygen atoms in total. The van der Waals surface area contributed by atoms with Gasteiger partial charge in [-0.1, -0.05) is 37.3 Å². The van der Waals surface area contributed by atoms with Crippen molar-refractivity contribution >= 4 is 10.0 Å². The quantitative estimate of drug-likeness (QED) is 0.874. The Bertz CT molecular complexity index is 576. The molecule has 116 valence electrons. The fraction of sp³-hybridized carbons (Fsp3) is 0.600. The third kappa shape index (κ3) is 3.13. The molecule has 0 aliphatic carbocycles. The van der Waals surface area contributed by atoms with Crippen LogP contribution in [-0.2, 0) is 15.8 Å². The van der Waals surface area contributed by atoms with E-state index in [0.717, 1.165) is 24.9 Å². The third-order valence-corrected chi connectivity index (χ3v) is 6.38. The molecule has 0 spiro atoms. The fourth-order valence-corrected chi connectivity index (χ4v) is 5.26. The summed E-state index contributed by atoms with van der Waals surface area (Å²) in [4.78, 5) is 0. The minimum Gasteiger partial charge on any atom is -0.257 e. The van der Waals surface area contributed by atoms with Crippen LogP contribution in [0.4, 0.5) is 0 Å². The fourth-order valence-electron chi connectivity index (χ4n) is 3.42. The Morgan fingerprint density at radius 3 is 2.71 bits per heavy atom. The van der Waals surface area contributed by atoms with Crippen molar-refractivity contribution in [2.75, 3.05) is 13.1 Å². The summed E-state index contributed by atoms with van der Waals surface area (Å²) in [6.45, 7) is 3.70. The maximum atomic E-state index is 12.8. The molecular weight excluding hydrogens is 286 g/mol. The third-order valence-electron chi connectivity index (χ3n) is 4.52. The number of rotatable bonds is 4. The molecule has 2 N–H and O–H groups in total. The van der Waals surface area contributed by atoms with Gasteiger partial charge in [0, 0.05) is 25.2 Å². The molecule has 1 aromatic rings. The normalized spacial score (nSPS) is 30.8. The van der Waals surface area contributed by atoms with E-state index in [4.69, 9.17) is 0 Å². The minimum absolute atomic E-state index is 0.0729. The average molecular weight is 309 g/mol. The van der Waals surface area contributed by atoms with Crippen molar-refractivity contribution in [2.45, 2.75) is 37.6 Å². The summed E-state index contributed by atoms with van der Waals surface area (Å²) in [6.07, 6.45) is 1.89. The first kappa shape index (κ1) is 15.0. The van der Waals surface area contributed by atoms with Gasteiger partial charge in [-0.15, -0.1) is 0 Å². The van der Waals surface area contributed by atoms with E-state index in [1.54, 1.807) is 4.31 Å². The molecule has 0 aromatic heterocycles. The lowest BCUT2D eigenvalue weighted by Crippen LogP contribution is -2.50. The highest BCUT2D eigenvalue weighted by Gasteiger charge is 2.42. The second-order valence-electron chi connectivity index (χ2n) is 6.09. The number of sulfonamides is 1. The van der Waals surface area contributed by atoms with Gasteiger partial charge in [-0.25, -0.2) is 8.42 Å². The molecule has 3 unspecified atom stereocenters. The molecule has 3 rings (SSSR count). The van der Waals surface area contributed by atoms with E-state index in [9.17, 15) is 8.42 Å². The first-order chi connectivity index (χ1) is 10.1. The average Bonchev–Trinajstić information content (AvgIpc) is 3.07. The van der Waals surface area contributed by atoms with Crippen molar-refractivity contribution in [1.82, 2.24) is 15.2 Å². The SMILES string of the molecule is CC1CNNC1C1CCCN1S(=O)(=O)Cc1ccccc1. The maximum Gasteiger partial charge on any atom is 0.218 e. The van der Waals surface area contributed by atoms with Gasteiger partial charge in [0.1, 0.15) is 0 Å². The van der Waals surface area contributed by atoms with Crippen LogP contribution in [0.3, 0.4) is 0 Å². The van der Waals surface area contributed by atoms with Gasteiger partial charge in [-0.3, -0.25) is 10.9 Å². The second-order valence-corrected chi connectivity index (χ2v) is 8.01. The Hall–Kier alpha value is -0.950. The van der Waals surface area contributed by atoms with Crippen LogP contribution >= 0.6 is 0 Å². The van der Waals surface area contributed by atoms with Crippen molar-refractivity contribution < 1.29 is 8.42 Å². The monoisotopic (exact) mass is 309 g/mol. The van der Waals surface area contributed by atoms with E-state index >= 15 is 0 Å². The molecule has 3 atom stereocenters. The Kier molecular flexibility index (Phi) is 4.31. The summed E-state index contributed by atoms with van der Waals surface area (Å²) in [6, 6.07) is 9.71. The Morgan fingerprint density at radius 2 is 2.05 bits per heavy atom. The van der Waals surface area contributed by atoms with E-state index < -0.39 is 10.0 Å². The Morgan fingerprint density at radius 1 is 1.29 bits per heavy atom. The zero-order valence-corrected chi connectivity index (χ0v) is 13.1. The van der Waals surface area contributed by atoms with Crippen molar-refractivity contribution in [2.24, 2.45) is 5.92 Å². The zero-order chi connectivity index (χ0) is 14.9. The number of nitrogens with one attached hydrogen (secondary N) is 2. The van der Waals surface area contributed by atoms with Gasteiger partial charge in [0.15, 0.2) is 0 Å². The van der Waals surface area contributed by atoms with Crippen LogP contribution in [0, 0.1) is 5.92 Å². The number of benzene rings is 1. The molecule has 2 fully saturated rings. The lowest BCUT2D eigenvalue weighted by molar-refractivity contribution is 0.285. The van der Waals surface area contributed by atoms with Crippen LogP contribution in [0.5, 0.6) is 0 Å². The Labute approximate surface area is 126 Å². The van der Waals surface area contributed by atoms with Crippen molar-refractivity contribution in [3.63, 3.8) is 0 Å². The lowest BCUT2D eigenvalue weighted by atomic mass is 9.96. The van der Waals surface area contributed by atoms with Gasteiger partial charge in [-0.05, 0) is 24.3 Å². The predicted molar refractivity (Wildman–Crippen MR) is 82.9 cm³/mol. The van der Waals surface area contributed by atoms with Gasteiger partial charge >= 0.3 is 0 Å². The van der Waals surface area contributed by atoms with Crippen molar-refractivity contribution in [1.29, 1.82) is 0 Å². The predicted octanol–water partition coefficient (Wildman–Crippen LogP) is 1.09.